The predicted molar refractivity (Wildman–Crippen MR) is 134 cm³/mol. The Hall–Kier alpha value is -4.29. The molecule has 13 heteroatoms. The van der Waals surface area contributed by atoms with Gasteiger partial charge in [-0.2, -0.15) is 26.3 Å². The lowest BCUT2D eigenvalue weighted by Crippen LogP contribution is -2.47. The summed E-state index contributed by atoms with van der Waals surface area (Å²) in [6.45, 7) is 0.930. The van der Waals surface area contributed by atoms with Gasteiger partial charge in [-0.15, -0.1) is 0 Å². The van der Waals surface area contributed by atoms with E-state index in [1.165, 1.54) is 24.3 Å². The number of carbonyl (C=O) groups is 1. The molecule has 2 aliphatic rings. The maximum atomic E-state index is 13.5. The Bertz CT molecular complexity index is 1570. The monoisotopic (exact) mass is 561 g/mol. The third-order valence-electron chi connectivity index (χ3n) is 7.30. The molecular formula is C27H21F6N5O2. The smallest absolute Gasteiger partial charge is 0.418 e. The molecule has 2 saturated heterocycles. The van der Waals surface area contributed by atoms with Gasteiger partial charge < -0.3 is 14.6 Å². The molecule has 0 bridgehead atoms. The second-order valence-corrected chi connectivity index (χ2v) is 9.86. The van der Waals surface area contributed by atoms with Crippen LogP contribution in [0.15, 0.2) is 60.8 Å². The van der Waals surface area contributed by atoms with E-state index < -0.39 is 35.2 Å². The Morgan fingerprint density at radius 2 is 1.68 bits per heavy atom. The third kappa shape index (κ3) is 4.69. The maximum absolute atomic E-state index is 13.5. The van der Waals surface area contributed by atoms with Crippen LogP contribution in [0.2, 0.25) is 0 Å². The molecule has 0 unspecified atom stereocenters. The van der Waals surface area contributed by atoms with E-state index in [9.17, 15) is 31.1 Å². The molecule has 1 spiro atoms. The summed E-state index contributed by atoms with van der Waals surface area (Å²) in [5.74, 6) is 1.01. The number of pyridine rings is 1. The molecule has 4 aromatic rings. The Kier molecular flexibility index (Phi) is 5.93. The quantitative estimate of drug-likeness (QED) is 0.283. The van der Waals surface area contributed by atoms with E-state index in [0.29, 0.717) is 48.7 Å². The molecule has 2 aromatic carbocycles. The number of hydrogen-bond acceptors (Lipinski definition) is 5. The van der Waals surface area contributed by atoms with Gasteiger partial charge in [-0.3, -0.25) is 4.90 Å². The van der Waals surface area contributed by atoms with Crippen LogP contribution in [-0.4, -0.2) is 46.3 Å². The third-order valence-corrected chi connectivity index (χ3v) is 7.30. The number of piperidine rings is 1. The lowest BCUT2D eigenvalue weighted by atomic mass is 9.91. The zero-order chi connectivity index (χ0) is 28.3. The van der Waals surface area contributed by atoms with Crippen LogP contribution in [0.4, 0.5) is 42.6 Å². The number of ether oxygens (including phenoxy) is 1. The van der Waals surface area contributed by atoms with Gasteiger partial charge in [0.15, 0.2) is 0 Å². The number of carbonyl (C=O) groups excluding carboxylic acids is 1. The number of halogens is 6. The minimum atomic E-state index is -4.61. The van der Waals surface area contributed by atoms with Crippen LogP contribution in [0, 0.1) is 0 Å². The number of alkyl halides is 6. The number of fused-ring (bicyclic) bond motifs is 1. The number of amides is 1. The second kappa shape index (κ2) is 9.14. The molecule has 2 aliphatic heterocycles. The summed E-state index contributed by atoms with van der Waals surface area (Å²) < 4.78 is 85.2. The molecule has 0 atom stereocenters. The maximum Gasteiger partial charge on any atom is 0.418 e. The normalized spacial score (nSPS) is 17.6. The van der Waals surface area contributed by atoms with Crippen LogP contribution in [-0.2, 0) is 17.1 Å². The Labute approximate surface area is 223 Å². The summed E-state index contributed by atoms with van der Waals surface area (Å²) in [5, 5.41) is 0. The SMILES string of the molecule is O=C1OC2(CCN(c3ccc(-c4nc5cc(C(F)(F)F)ccc5[nH]4)cn3)CC2)CN1c1ccccc1C(F)(F)F. The van der Waals surface area contributed by atoms with Crippen molar-refractivity contribution in [3.05, 3.63) is 71.9 Å². The number of imidazole rings is 1. The average molecular weight is 561 g/mol. The summed E-state index contributed by atoms with van der Waals surface area (Å²) in [6, 6.07) is 11.7. The minimum Gasteiger partial charge on any atom is -0.440 e. The van der Waals surface area contributed by atoms with Crippen LogP contribution < -0.4 is 9.80 Å². The van der Waals surface area contributed by atoms with Crippen molar-refractivity contribution in [2.45, 2.75) is 30.8 Å². The summed E-state index contributed by atoms with van der Waals surface area (Å²) in [4.78, 5) is 27.4. The number of para-hydroxylation sites is 1. The van der Waals surface area contributed by atoms with Gasteiger partial charge >= 0.3 is 18.4 Å². The van der Waals surface area contributed by atoms with Crippen molar-refractivity contribution in [3.8, 4) is 11.4 Å². The van der Waals surface area contributed by atoms with Crippen molar-refractivity contribution in [1.29, 1.82) is 0 Å². The summed E-state index contributed by atoms with van der Waals surface area (Å²) >= 11 is 0. The van der Waals surface area contributed by atoms with Gasteiger partial charge in [-0.25, -0.2) is 14.8 Å². The van der Waals surface area contributed by atoms with Crippen LogP contribution in [0.3, 0.4) is 0 Å². The number of H-pyrrole nitrogens is 1. The minimum absolute atomic E-state index is 0.0151. The average Bonchev–Trinajstić information content (AvgIpc) is 3.48. The summed E-state index contributed by atoms with van der Waals surface area (Å²) in [7, 11) is 0. The highest BCUT2D eigenvalue weighted by Crippen LogP contribution is 2.42. The standard InChI is InChI=1S/C27H21F6N5O2/c28-26(29,30)17-6-7-19-20(13-17)36-23(35-19)16-5-8-22(34-14-16)37-11-9-25(10-12-37)15-38(24(39)40-25)21-4-2-1-3-18(21)27(31,32)33/h1-8,13-14H,9-12,15H2,(H,35,36). The van der Waals surface area contributed by atoms with Crippen LogP contribution in [0.25, 0.3) is 22.4 Å². The summed E-state index contributed by atoms with van der Waals surface area (Å²) in [5.41, 5.74) is -1.57. The van der Waals surface area contributed by atoms with E-state index in [1.807, 2.05) is 4.90 Å². The van der Waals surface area contributed by atoms with Crippen molar-refractivity contribution in [3.63, 3.8) is 0 Å². The zero-order valence-corrected chi connectivity index (χ0v) is 20.7. The number of anilines is 2. The fourth-order valence-corrected chi connectivity index (χ4v) is 5.19. The Balaban J connectivity index is 1.14. The number of hydrogen-bond donors (Lipinski definition) is 1. The van der Waals surface area contributed by atoms with Crippen LogP contribution in [0.5, 0.6) is 0 Å². The molecule has 7 nitrogen and oxygen atoms in total. The van der Waals surface area contributed by atoms with E-state index in [1.54, 1.807) is 18.3 Å². The van der Waals surface area contributed by atoms with Crippen molar-refractivity contribution in [1.82, 2.24) is 15.0 Å². The van der Waals surface area contributed by atoms with E-state index in [0.717, 1.165) is 23.1 Å². The van der Waals surface area contributed by atoms with Crippen molar-refractivity contribution >= 4 is 28.6 Å². The molecule has 2 aromatic heterocycles. The first-order chi connectivity index (χ1) is 18.9. The van der Waals surface area contributed by atoms with Crippen molar-refractivity contribution < 1.29 is 35.9 Å². The molecule has 0 radical (unpaired) electrons. The van der Waals surface area contributed by atoms with Gasteiger partial charge in [0, 0.05) is 37.7 Å². The van der Waals surface area contributed by atoms with E-state index >= 15 is 0 Å². The van der Waals surface area contributed by atoms with Crippen molar-refractivity contribution in [2.75, 3.05) is 29.4 Å². The van der Waals surface area contributed by atoms with Gasteiger partial charge in [-0.05, 0) is 42.5 Å². The number of rotatable bonds is 3. The number of aromatic nitrogens is 3. The molecule has 2 fully saturated rings. The molecule has 1 amide bonds. The van der Waals surface area contributed by atoms with E-state index in [4.69, 9.17) is 4.74 Å². The van der Waals surface area contributed by atoms with Gasteiger partial charge in [0.1, 0.15) is 17.2 Å². The number of nitrogens with zero attached hydrogens (tertiary/aromatic N) is 4. The highest BCUT2D eigenvalue weighted by atomic mass is 19.4. The zero-order valence-electron chi connectivity index (χ0n) is 20.7. The van der Waals surface area contributed by atoms with Gasteiger partial charge in [0.25, 0.3) is 0 Å². The molecule has 6 rings (SSSR count). The Morgan fingerprint density at radius 3 is 2.35 bits per heavy atom. The number of nitrogens with one attached hydrogen (secondary N) is 1. The molecule has 1 N–H and O–H groups in total. The Morgan fingerprint density at radius 1 is 0.925 bits per heavy atom. The highest BCUT2D eigenvalue weighted by Gasteiger charge is 2.49. The first-order valence-electron chi connectivity index (χ1n) is 12.4. The van der Waals surface area contributed by atoms with Gasteiger partial charge in [0.05, 0.1) is 34.4 Å². The molecule has 4 heterocycles. The second-order valence-electron chi connectivity index (χ2n) is 9.86. The lowest BCUT2D eigenvalue weighted by Gasteiger charge is -2.38. The molecular weight excluding hydrogens is 540 g/mol. The first-order valence-corrected chi connectivity index (χ1v) is 12.4. The van der Waals surface area contributed by atoms with E-state index in [-0.39, 0.29) is 17.7 Å². The van der Waals surface area contributed by atoms with E-state index in [2.05, 4.69) is 15.0 Å². The topological polar surface area (TPSA) is 74.3 Å². The predicted octanol–water partition coefficient (Wildman–Crippen LogP) is 6.66. The molecule has 40 heavy (non-hydrogen) atoms. The molecule has 208 valence electrons. The van der Waals surface area contributed by atoms with Gasteiger partial charge in [0.2, 0.25) is 0 Å². The number of aromatic amines is 1. The molecule has 0 saturated carbocycles. The first kappa shape index (κ1) is 26.0. The highest BCUT2D eigenvalue weighted by molar-refractivity contribution is 5.91. The van der Waals surface area contributed by atoms with Gasteiger partial charge in [-0.1, -0.05) is 12.1 Å². The van der Waals surface area contributed by atoms with Crippen LogP contribution >= 0.6 is 0 Å². The van der Waals surface area contributed by atoms with Crippen LogP contribution in [0.1, 0.15) is 24.0 Å². The summed E-state index contributed by atoms with van der Waals surface area (Å²) in [6.07, 6.45) is -7.52. The lowest BCUT2D eigenvalue weighted by molar-refractivity contribution is -0.138. The van der Waals surface area contributed by atoms with Crippen molar-refractivity contribution in [2.24, 2.45) is 0 Å². The fraction of sp³-hybridized carbons (Fsp3) is 0.296. The fourth-order valence-electron chi connectivity index (χ4n) is 5.19. The number of benzene rings is 2. The molecule has 0 aliphatic carbocycles. The largest absolute Gasteiger partial charge is 0.440 e.